The number of aryl methyl sites for hydroxylation is 1. The van der Waals surface area contributed by atoms with Crippen LogP contribution < -0.4 is 10.6 Å². The van der Waals surface area contributed by atoms with Gasteiger partial charge in [-0.3, -0.25) is 14.9 Å². The molecule has 0 bridgehead atoms. The average Bonchev–Trinajstić information content (AvgIpc) is 3.29. The van der Waals surface area contributed by atoms with E-state index in [1.807, 2.05) is 48.7 Å². The number of aromatic nitrogens is 1. The van der Waals surface area contributed by atoms with Crippen molar-refractivity contribution in [3.05, 3.63) is 70.7 Å². The van der Waals surface area contributed by atoms with Gasteiger partial charge in [0, 0.05) is 15.3 Å². The van der Waals surface area contributed by atoms with Crippen LogP contribution in [0.4, 0.5) is 10.8 Å². The first kappa shape index (κ1) is 18.7. The number of benzene rings is 2. The predicted octanol–water partition coefficient (Wildman–Crippen LogP) is 4.79. The van der Waals surface area contributed by atoms with Crippen molar-refractivity contribution in [1.82, 2.24) is 4.98 Å². The van der Waals surface area contributed by atoms with Gasteiger partial charge in [-0.1, -0.05) is 30.3 Å². The number of nitrogens with zero attached hydrogens (tertiary/aromatic N) is 1. The molecule has 0 spiro atoms. The normalized spacial score (nSPS) is 15.1. The third-order valence-electron chi connectivity index (χ3n) is 4.66. The Balaban J connectivity index is 1.48. The molecule has 2 amide bonds. The monoisotopic (exact) mass is 409 g/mol. The van der Waals surface area contributed by atoms with Crippen LogP contribution in [0.2, 0.25) is 0 Å². The Hall–Kier alpha value is -2.64. The van der Waals surface area contributed by atoms with Crippen molar-refractivity contribution in [3.8, 4) is 0 Å². The zero-order chi connectivity index (χ0) is 19.5. The second-order valence-corrected chi connectivity index (χ2v) is 8.36. The Bertz CT molecular complexity index is 1020. The largest absolute Gasteiger partial charge is 0.324 e. The lowest BCUT2D eigenvalue weighted by Crippen LogP contribution is -2.20. The number of nitrogens with one attached hydrogen (secondary N) is 2. The second kappa shape index (κ2) is 8.16. The highest BCUT2D eigenvalue weighted by molar-refractivity contribution is 7.98. The Morgan fingerprint density at radius 2 is 1.82 bits per heavy atom. The van der Waals surface area contributed by atoms with Gasteiger partial charge in [-0.2, -0.15) is 0 Å². The summed E-state index contributed by atoms with van der Waals surface area (Å²) in [5.74, 6) is -0.530. The van der Waals surface area contributed by atoms with Crippen molar-refractivity contribution in [2.45, 2.75) is 23.7 Å². The van der Waals surface area contributed by atoms with Gasteiger partial charge in [0.15, 0.2) is 5.13 Å². The number of carbonyl (C=O) groups is 2. The third-order valence-corrected chi connectivity index (χ3v) is 6.50. The van der Waals surface area contributed by atoms with Crippen LogP contribution in [0, 0.1) is 0 Å². The zero-order valence-corrected chi connectivity index (χ0v) is 16.9. The Labute approximate surface area is 171 Å². The highest BCUT2D eigenvalue weighted by Crippen LogP contribution is 2.39. The fraction of sp³-hybridized carbons (Fsp3) is 0.190. The first-order valence-corrected chi connectivity index (χ1v) is 11.0. The summed E-state index contributed by atoms with van der Waals surface area (Å²) in [5, 5.41) is 6.43. The summed E-state index contributed by atoms with van der Waals surface area (Å²) in [6.07, 6.45) is 3.53. The van der Waals surface area contributed by atoms with Gasteiger partial charge >= 0.3 is 0 Å². The summed E-state index contributed by atoms with van der Waals surface area (Å²) in [4.78, 5) is 31.9. The van der Waals surface area contributed by atoms with Crippen LogP contribution in [-0.2, 0) is 11.2 Å². The fourth-order valence-electron chi connectivity index (χ4n) is 3.26. The molecule has 142 valence electrons. The molecule has 5 nitrogen and oxygen atoms in total. The highest BCUT2D eigenvalue weighted by atomic mass is 32.2. The maximum Gasteiger partial charge on any atom is 0.257 e. The number of hydrogen-bond donors (Lipinski definition) is 2. The molecule has 0 aliphatic heterocycles. The summed E-state index contributed by atoms with van der Waals surface area (Å²) < 4.78 is 0. The molecular weight excluding hydrogens is 390 g/mol. The smallest absolute Gasteiger partial charge is 0.257 e. The molecule has 1 heterocycles. The van der Waals surface area contributed by atoms with Crippen molar-refractivity contribution >= 4 is 45.7 Å². The van der Waals surface area contributed by atoms with E-state index in [0.717, 1.165) is 34.0 Å². The molecule has 2 N–H and O–H groups in total. The molecule has 1 unspecified atom stereocenters. The van der Waals surface area contributed by atoms with E-state index < -0.39 is 0 Å². The van der Waals surface area contributed by atoms with Crippen LogP contribution in [0.15, 0.2) is 59.5 Å². The first-order chi connectivity index (χ1) is 13.7. The first-order valence-electron chi connectivity index (χ1n) is 8.95. The minimum Gasteiger partial charge on any atom is -0.324 e. The van der Waals surface area contributed by atoms with Gasteiger partial charge in [-0.25, -0.2) is 4.98 Å². The zero-order valence-electron chi connectivity index (χ0n) is 15.3. The summed E-state index contributed by atoms with van der Waals surface area (Å²) in [6.45, 7) is 0. The third kappa shape index (κ3) is 3.81. The molecule has 2 aromatic carbocycles. The van der Waals surface area contributed by atoms with Crippen LogP contribution in [0.5, 0.6) is 0 Å². The Morgan fingerprint density at radius 3 is 2.61 bits per heavy atom. The van der Waals surface area contributed by atoms with E-state index in [0.29, 0.717) is 10.7 Å². The molecule has 0 fully saturated rings. The number of hydrogen-bond acceptors (Lipinski definition) is 5. The SMILES string of the molecule is CSc1ccccc1NC(=O)C1CCc2sc(NC(=O)c3ccccc3)nc21. The number of anilines is 2. The van der Waals surface area contributed by atoms with Gasteiger partial charge in [0.05, 0.1) is 17.3 Å². The topological polar surface area (TPSA) is 71.1 Å². The lowest BCUT2D eigenvalue weighted by atomic mass is 10.1. The van der Waals surface area contributed by atoms with E-state index in [4.69, 9.17) is 0 Å². The molecule has 1 aliphatic carbocycles. The van der Waals surface area contributed by atoms with E-state index in [9.17, 15) is 9.59 Å². The van der Waals surface area contributed by atoms with Gasteiger partial charge in [0.25, 0.3) is 5.91 Å². The molecule has 1 aliphatic rings. The van der Waals surface area contributed by atoms with Crippen LogP contribution in [0.3, 0.4) is 0 Å². The fourth-order valence-corrected chi connectivity index (χ4v) is 4.85. The number of thiazole rings is 1. The quantitative estimate of drug-likeness (QED) is 0.595. The van der Waals surface area contributed by atoms with Gasteiger partial charge in [0.1, 0.15) is 0 Å². The second-order valence-electron chi connectivity index (χ2n) is 6.43. The molecule has 1 aromatic heterocycles. The van der Waals surface area contributed by atoms with Gasteiger partial charge < -0.3 is 5.32 Å². The van der Waals surface area contributed by atoms with Crippen molar-refractivity contribution < 1.29 is 9.59 Å². The number of fused-ring (bicyclic) bond motifs is 1. The van der Waals surface area contributed by atoms with Crippen LogP contribution in [-0.4, -0.2) is 23.1 Å². The molecule has 0 saturated carbocycles. The molecule has 28 heavy (non-hydrogen) atoms. The maximum atomic E-state index is 12.9. The average molecular weight is 410 g/mol. The van der Waals surface area contributed by atoms with E-state index in [1.165, 1.54) is 11.3 Å². The molecule has 1 atom stereocenters. The van der Waals surface area contributed by atoms with Crippen molar-refractivity contribution in [1.29, 1.82) is 0 Å². The van der Waals surface area contributed by atoms with Gasteiger partial charge in [-0.05, 0) is 43.4 Å². The van der Waals surface area contributed by atoms with Gasteiger partial charge in [0.2, 0.25) is 5.91 Å². The summed E-state index contributed by atoms with van der Waals surface area (Å²) in [6, 6.07) is 16.8. The molecule has 7 heteroatoms. The van der Waals surface area contributed by atoms with Gasteiger partial charge in [-0.15, -0.1) is 23.1 Å². The molecule has 0 saturated heterocycles. The molecule has 4 rings (SSSR count). The van der Waals surface area contributed by atoms with Crippen LogP contribution in [0.1, 0.15) is 33.3 Å². The minimum absolute atomic E-state index is 0.0496. The lowest BCUT2D eigenvalue weighted by molar-refractivity contribution is -0.117. The number of para-hydroxylation sites is 1. The Morgan fingerprint density at radius 1 is 1.07 bits per heavy atom. The van der Waals surface area contributed by atoms with Crippen LogP contribution in [0.25, 0.3) is 0 Å². The maximum absolute atomic E-state index is 12.9. The van der Waals surface area contributed by atoms with E-state index >= 15 is 0 Å². The van der Waals surface area contributed by atoms with Crippen LogP contribution >= 0.6 is 23.1 Å². The van der Waals surface area contributed by atoms with Crippen molar-refractivity contribution in [3.63, 3.8) is 0 Å². The Kier molecular flexibility index (Phi) is 5.45. The number of thioether (sulfide) groups is 1. The van der Waals surface area contributed by atoms with Crippen molar-refractivity contribution in [2.24, 2.45) is 0 Å². The van der Waals surface area contributed by atoms with Crippen molar-refractivity contribution in [2.75, 3.05) is 16.9 Å². The lowest BCUT2D eigenvalue weighted by Gasteiger charge is -2.13. The molecule has 0 radical (unpaired) electrons. The molecular formula is C21H19N3O2S2. The van der Waals surface area contributed by atoms with E-state index in [2.05, 4.69) is 15.6 Å². The number of amides is 2. The highest BCUT2D eigenvalue weighted by Gasteiger charge is 2.33. The summed E-state index contributed by atoms with van der Waals surface area (Å²) >= 11 is 3.05. The number of carbonyl (C=O) groups excluding carboxylic acids is 2. The predicted molar refractivity (Wildman–Crippen MR) is 114 cm³/mol. The minimum atomic E-state index is -0.288. The van der Waals surface area contributed by atoms with E-state index in [-0.39, 0.29) is 17.7 Å². The standard InChI is InChI=1S/C21H19N3O2S2/c1-27-16-10-6-5-9-15(16)22-20(26)14-11-12-17-18(14)23-21(28-17)24-19(25)13-7-3-2-4-8-13/h2-10,14H,11-12H2,1H3,(H,22,26)(H,23,24,25). The van der Waals surface area contributed by atoms with E-state index in [1.54, 1.807) is 23.9 Å². The number of rotatable bonds is 5. The summed E-state index contributed by atoms with van der Waals surface area (Å²) in [7, 11) is 0. The summed E-state index contributed by atoms with van der Waals surface area (Å²) in [5.41, 5.74) is 2.19. The molecule has 3 aromatic rings.